The van der Waals surface area contributed by atoms with Crippen LogP contribution in [0.2, 0.25) is 0 Å². The molecule has 74 valence electrons. The number of benzene rings is 1. The van der Waals surface area contributed by atoms with Crippen LogP contribution in [-0.4, -0.2) is 5.94 Å². The fraction of sp³-hybridized carbons (Fsp3) is 0.0769. The van der Waals surface area contributed by atoms with Crippen LogP contribution >= 0.6 is 12.6 Å². The molecule has 0 atom stereocenters. The Balaban J connectivity index is 2.36. The van der Waals surface area contributed by atoms with Gasteiger partial charge in [0.1, 0.15) is 5.94 Å². The Kier molecular flexibility index (Phi) is 2.91. The zero-order valence-electron chi connectivity index (χ0n) is 8.10. The first-order valence-electron chi connectivity index (χ1n) is 4.72. The second kappa shape index (κ2) is 4.35. The summed E-state index contributed by atoms with van der Waals surface area (Å²) in [5.41, 5.74) is 2.90. The van der Waals surface area contributed by atoms with Gasteiger partial charge in [-0.3, -0.25) is 0 Å². The summed E-state index contributed by atoms with van der Waals surface area (Å²) in [6, 6.07) is 7.91. The third-order valence-corrected chi connectivity index (χ3v) is 2.74. The van der Waals surface area contributed by atoms with Crippen LogP contribution in [0.3, 0.4) is 0 Å². The van der Waals surface area contributed by atoms with Gasteiger partial charge in [-0.25, -0.2) is 4.79 Å². The molecular formula is C13H10OS. The molecule has 1 aromatic carbocycles. The summed E-state index contributed by atoms with van der Waals surface area (Å²) in [5, 5.41) is 0. The third kappa shape index (κ3) is 2.12. The lowest BCUT2D eigenvalue weighted by Gasteiger charge is -2.09. The Bertz CT molecular complexity index is 491. The SMILES string of the molecule is O=C=C1C=CC(c2ccccc2S)=CC1. The molecule has 0 aromatic heterocycles. The van der Waals surface area contributed by atoms with Crippen molar-refractivity contribution in [3.05, 3.63) is 53.6 Å². The maximum atomic E-state index is 10.4. The highest BCUT2D eigenvalue weighted by atomic mass is 32.1. The van der Waals surface area contributed by atoms with Crippen LogP contribution in [0.15, 0.2) is 53.0 Å². The minimum atomic E-state index is 0.650. The number of carbonyl (C=O) groups excluding carboxylic acids is 1. The van der Waals surface area contributed by atoms with Crippen LogP contribution in [0.5, 0.6) is 0 Å². The lowest BCUT2D eigenvalue weighted by molar-refractivity contribution is 0.567. The number of thiol groups is 1. The summed E-state index contributed by atoms with van der Waals surface area (Å²) in [7, 11) is 0. The van der Waals surface area contributed by atoms with E-state index < -0.39 is 0 Å². The average Bonchev–Trinajstić information content (AvgIpc) is 2.30. The predicted molar refractivity (Wildman–Crippen MR) is 64.6 cm³/mol. The Morgan fingerprint density at radius 2 is 2.00 bits per heavy atom. The van der Waals surface area contributed by atoms with Crippen molar-refractivity contribution in [2.24, 2.45) is 0 Å². The van der Waals surface area contributed by atoms with Crippen molar-refractivity contribution in [2.45, 2.75) is 11.3 Å². The standard InChI is InChI=1S/C13H10OS/c14-9-10-5-7-11(8-6-10)12-3-1-2-4-13(12)15/h1-5,7-8,15H,6H2. The van der Waals surface area contributed by atoms with Gasteiger partial charge in [-0.1, -0.05) is 30.4 Å². The second-order valence-corrected chi connectivity index (χ2v) is 3.82. The van der Waals surface area contributed by atoms with Crippen LogP contribution in [0.1, 0.15) is 12.0 Å². The van der Waals surface area contributed by atoms with Crippen molar-refractivity contribution in [2.75, 3.05) is 0 Å². The zero-order chi connectivity index (χ0) is 10.7. The maximum Gasteiger partial charge on any atom is 0.128 e. The van der Waals surface area contributed by atoms with E-state index in [1.807, 2.05) is 48.4 Å². The van der Waals surface area contributed by atoms with Gasteiger partial charge in [0.15, 0.2) is 0 Å². The third-order valence-electron chi connectivity index (χ3n) is 2.35. The first-order chi connectivity index (χ1) is 7.31. The molecule has 0 fully saturated rings. The summed E-state index contributed by atoms with van der Waals surface area (Å²) >= 11 is 4.39. The summed E-state index contributed by atoms with van der Waals surface area (Å²) in [6.45, 7) is 0. The van der Waals surface area contributed by atoms with E-state index in [2.05, 4.69) is 12.6 Å². The molecule has 1 aromatic rings. The lowest BCUT2D eigenvalue weighted by Crippen LogP contribution is -1.90. The predicted octanol–water partition coefficient (Wildman–Crippen LogP) is 3.08. The van der Waals surface area contributed by atoms with Crippen LogP contribution in [-0.2, 0) is 4.79 Å². The van der Waals surface area contributed by atoms with E-state index in [9.17, 15) is 4.79 Å². The highest BCUT2D eigenvalue weighted by Crippen LogP contribution is 2.27. The van der Waals surface area contributed by atoms with E-state index in [-0.39, 0.29) is 0 Å². The van der Waals surface area contributed by atoms with Crippen LogP contribution in [0, 0.1) is 0 Å². The van der Waals surface area contributed by atoms with Gasteiger partial charge in [-0.05, 0) is 23.3 Å². The summed E-state index contributed by atoms with van der Waals surface area (Å²) in [5.74, 6) is 1.91. The molecule has 15 heavy (non-hydrogen) atoms. The molecule has 2 heteroatoms. The highest BCUT2D eigenvalue weighted by Gasteiger charge is 2.06. The fourth-order valence-corrected chi connectivity index (χ4v) is 1.83. The van der Waals surface area contributed by atoms with Crippen LogP contribution in [0.4, 0.5) is 0 Å². The van der Waals surface area contributed by atoms with Crippen LogP contribution < -0.4 is 0 Å². The van der Waals surface area contributed by atoms with E-state index in [0.717, 1.165) is 16.0 Å². The summed E-state index contributed by atoms with van der Waals surface area (Å²) in [6.07, 6.45) is 6.41. The Hall–Kier alpha value is -1.50. The molecule has 0 saturated carbocycles. The summed E-state index contributed by atoms with van der Waals surface area (Å²) < 4.78 is 0. The van der Waals surface area contributed by atoms with Crippen molar-refractivity contribution in [1.82, 2.24) is 0 Å². The molecular weight excluding hydrogens is 204 g/mol. The van der Waals surface area contributed by atoms with Crippen molar-refractivity contribution < 1.29 is 4.79 Å². The van der Waals surface area contributed by atoms with E-state index in [4.69, 9.17) is 0 Å². The smallest absolute Gasteiger partial charge is 0.128 e. The topological polar surface area (TPSA) is 17.1 Å². The minimum absolute atomic E-state index is 0.650. The van der Waals surface area contributed by atoms with Gasteiger partial charge < -0.3 is 0 Å². The van der Waals surface area contributed by atoms with E-state index in [0.29, 0.717) is 12.0 Å². The highest BCUT2D eigenvalue weighted by molar-refractivity contribution is 7.80. The van der Waals surface area contributed by atoms with E-state index in [1.165, 1.54) is 0 Å². The number of hydrogen-bond acceptors (Lipinski definition) is 2. The molecule has 0 saturated heterocycles. The first kappa shape index (κ1) is 10.0. The summed E-state index contributed by atoms with van der Waals surface area (Å²) in [4.78, 5) is 11.4. The molecule has 0 bridgehead atoms. The quantitative estimate of drug-likeness (QED) is 0.561. The van der Waals surface area contributed by atoms with Gasteiger partial charge >= 0.3 is 0 Å². The number of hydrogen-bond donors (Lipinski definition) is 1. The first-order valence-corrected chi connectivity index (χ1v) is 5.16. The van der Waals surface area contributed by atoms with Gasteiger partial charge in [-0.2, -0.15) is 0 Å². The molecule has 0 unspecified atom stereocenters. The van der Waals surface area contributed by atoms with E-state index >= 15 is 0 Å². The molecule has 0 spiro atoms. The fourth-order valence-electron chi connectivity index (χ4n) is 1.54. The molecule has 1 aliphatic carbocycles. The molecule has 0 N–H and O–H groups in total. The lowest BCUT2D eigenvalue weighted by atomic mass is 9.97. The van der Waals surface area contributed by atoms with Gasteiger partial charge in [0, 0.05) is 16.9 Å². The van der Waals surface area contributed by atoms with Gasteiger partial charge in [0.2, 0.25) is 0 Å². The maximum absolute atomic E-state index is 10.4. The molecule has 1 aliphatic rings. The number of rotatable bonds is 1. The Labute approximate surface area is 94.2 Å². The molecule has 0 amide bonds. The van der Waals surface area contributed by atoms with Gasteiger partial charge in [0.25, 0.3) is 0 Å². The van der Waals surface area contributed by atoms with Gasteiger partial charge in [-0.15, -0.1) is 12.6 Å². The molecule has 0 radical (unpaired) electrons. The Morgan fingerprint density at radius 1 is 1.20 bits per heavy atom. The monoisotopic (exact) mass is 214 g/mol. The van der Waals surface area contributed by atoms with Crippen molar-refractivity contribution in [1.29, 1.82) is 0 Å². The van der Waals surface area contributed by atoms with Crippen molar-refractivity contribution in [3.8, 4) is 0 Å². The number of allylic oxidation sites excluding steroid dienone is 5. The minimum Gasteiger partial charge on any atom is -0.233 e. The normalized spacial score (nSPS) is 14.7. The van der Waals surface area contributed by atoms with Gasteiger partial charge in [0.05, 0.1) is 0 Å². The Morgan fingerprint density at radius 3 is 2.60 bits per heavy atom. The second-order valence-electron chi connectivity index (χ2n) is 3.34. The van der Waals surface area contributed by atoms with Crippen LogP contribution in [0.25, 0.3) is 5.57 Å². The van der Waals surface area contributed by atoms with Crippen molar-refractivity contribution in [3.63, 3.8) is 0 Å². The molecule has 0 heterocycles. The molecule has 0 aliphatic heterocycles. The van der Waals surface area contributed by atoms with Crippen molar-refractivity contribution >= 4 is 24.1 Å². The van der Waals surface area contributed by atoms with E-state index in [1.54, 1.807) is 0 Å². The largest absolute Gasteiger partial charge is 0.233 e. The molecule has 1 nitrogen and oxygen atoms in total. The average molecular weight is 214 g/mol. The molecule has 2 rings (SSSR count). The zero-order valence-corrected chi connectivity index (χ0v) is 9.00.